The van der Waals surface area contributed by atoms with Crippen LogP contribution >= 0.6 is 15.9 Å². The van der Waals surface area contributed by atoms with Crippen molar-refractivity contribution in [2.24, 2.45) is 0 Å². The number of hydrogen-bond acceptors (Lipinski definition) is 2. The molecule has 0 radical (unpaired) electrons. The quantitative estimate of drug-likeness (QED) is 0.707. The summed E-state index contributed by atoms with van der Waals surface area (Å²) < 4.78 is 15.2. The standard InChI is InChI=1S/C8H3BrFN3/c9-5-1-7(10)8-12-3-6(2-11)13(8)4-5/h1,3-4H. The van der Waals surface area contributed by atoms with Gasteiger partial charge in [-0.05, 0) is 22.0 Å². The summed E-state index contributed by atoms with van der Waals surface area (Å²) >= 11 is 3.13. The van der Waals surface area contributed by atoms with Crippen molar-refractivity contribution >= 4 is 21.6 Å². The number of imidazole rings is 1. The normalized spacial score (nSPS) is 10.2. The molecule has 0 aromatic carbocycles. The molecule has 0 aliphatic carbocycles. The van der Waals surface area contributed by atoms with Gasteiger partial charge in [-0.2, -0.15) is 5.26 Å². The van der Waals surface area contributed by atoms with E-state index in [0.29, 0.717) is 10.2 Å². The molecule has 0 N–H and O–H groups in total. The second-order valence-corrected chi connectivity index (χ2v) is 3.37. The lowest BCUT2D eigenvalue weighted by Gasteiger charge is -1.96. The van der Waals surface area contributed by atoms with E-state index >= 15 is 0 Å². The Morgan fingerprint density at radius 2 is 2.38 bits per heavy atom. The van der Waals surface area contributed by atoms with E-state index in [1.165, 1.54) is 16.7 Å². The lowest BCUT2D eigenvalue weighted by atomic mass is 10.4. The molecular weight excluding hydrogens is 237 g/mol. The van der Waals surface area contributed by atoms with Crippen molar-refractivity contribution in [3.05, 3.63) is 34.4 Å². The SMILES string of the molecule is N#Cc1cnc2c(F)cc(Br)cn12. The predicted octanol–water partition coefficient (Wildman–Crippen LogP) is 2.11. The molecule has 64 valence electrons. The largest absolute Gasteiger partial charge is 0.288 e. The topological polar surface area (TPSA) is 41.1 Å². The van der Waals surface area contributed by atoms with Crippen molar-refractivity contribution < 1.29 is 4.39 Å². The maximum atomic E-state index is 13.2. The fraction of sp³-hybridized carbons (Fsp3) is 0. The summed E-state index contributed by atoms with van der Waals surface area (Å²) in [4.78, 5) is 3.77. The van der Waals surface area contributed by atoms with E-state index in [9.17, 15) is 4.39 Å². The number of hydrogen-bond donors (Lipinski definition) is 0. The van der Waals surface area contributed by atoms with Crippen LogP contribution in [0, 0.1) is 17.1 Å². The maximum Gasteiger partial charge on any atom is 0.174 e. The van der Waals surface area contributed by atoms with E-state index in [-0.39, 0.29) is 5.65 Å². The molecule has 2 rings (SSSR count). The van der Waals surface area contributed by atoms with Crippen LogP contribution in [0.2, 0.25) is 0 Å². The fourth-order valence-electron chi connectivity index (χ4n) is 1.10. The molecule has 0 unspecified atom stereocenters. The summed E-state index contributed by atoms with van der Waals surface area (Å²) in [5.74, 6) is -0.448. The van der Waals surface area contributed by atoms with Crippen molar-refractivity contribution in [2.75, 3.05) is 0 Å². The number of halogens is 2. The number of fused-ring (bicyclic) bond motifs is 1. The molecule has 2 heterocycles. The third kappa shape index (κ3) is 1.19. The molecule has 0 saturated carbocycles. The fourth-order valence-corrected chi connectivity index (χ4v) is 1.50. The Balaban J connectivity index is 2.92. The van der Waals surface area contributed by atoms with Gasteiger partial charge >= 0.3 is 0 Å². The highest BCUT2D eigenvalue weighted by atomic mass is 79.9. The van der Waals surface area contributed by atoms with Crippen LogP contribution in [0.1, 0.15) is 5.69 Å². The first-order chi connectivity index (χ1) is 6.22. The lowest BCUT2D eigenvalue weighted by Crippen LogP contribution is -1.91. The van der Waals surface area contributed by atoms with Gasteiger partial charge in [-0.1, -0.05) is 0 Å². The Kier molecular flexibility index (Phi) is 1.78. The van der Waals surface area contributed by atoms with Crippen LogP contribution in [-0.4, -0.2) is 9.38 Å². The van der Waals surface area contributed by atoms with Crippen molar-refractivity contribution in [2.45, 2.75) is 0 Å². The van der Waals surface area contributed by atoms with Crippen molar-refractivity contribution in [1.29, 1.82) is 5.26 Å². The molecule has 2 aromatic heterocycles. The van der Waals surface area contributed by atoms with Gasteiger partial charge in [0.05, 0.1) is 6.20 Å². The van der Waals surface area contributed by atoms with Gasteiger partial charge in [0.25, 0.3) is 0 Å². The molecule has 0 fully saturated rings. The zero-order valence-corrected chi connectivity index (χ0v) is 7.92. The van der Waals surface area contributed by atoms with Gasteiger partial charge in [0.2, 0.25) is 0 Å². The molecule has 0 bridgehead atoms. The number of nitrogens with zero attached hydrogens (tertiary/aromatic N) is 3. The predicted molar refractivity (Wildman–Crippen MR) is 47.6 cm³/mol. The molecule has 0 aliphatic rings. The van der Waals surface area contributed by atoms with E-state index in [1.54, 1.807) is 6.20 Å². The smallest absolute Gasteiger partial charge is 0.174 e. The van der Waals surface area contributed by atoms with E-state index in [1.807, 2.05) is 6.07 Å². The summed E-state index contributed by atoms with van der Waals surface area (Å²) in [7, 11) is 0. The monoisotopic (exact) mass is 239 g/mol. The van der Waals surface area contributed by atoms with Crippen LogP contribution in [0.15, 0.2) is 22.9 Å². The Morgan fingerprint density at radius 1 is 1.62 bits per heavy atom. The first-order valence-corrected chi connectivity index (χ1v) is 4.24. The zero-order chi connectivity index (χ0) is 9.42. The first kappa shape index (κ1) is 8.20. The molecule has 3 nitrogen and oxygen atoms in total. The summed E-state index contributed by atoms with van der Waals surface area (Å²) in [5, 5.41) is 8.66. The average molecular weight is 240 g/mol. The molecule has 13 heavy (non-hydrogen) atoms. The third-order valence-electron chi connectivity index (χ3n) is 1.64. The Labute approximate surface area is 81.6 Å². The molecular formula is C8H3BrFN3. The van der Waals surface area contributed by atoms with Gasteiger partial charge in [-0.15, -0.1) is 0 Å². The minimum absolute atomic E-state index is 0.166. The van der Waals surface area contributed by atoms with E-state index in [2.05, 4.69) is 20.9 Å². The van der Waals surface area contributed by atoms with Gasteiger partial charge in [-0.3, -0.25) is 4.40 Å². The minimum Gasteiger partial charge on any atom is -0.288 e. The number of rotatable bonds is 0. The summed E-state index contributed by atoms with van der Waals surface area (Å²) in [6.45, 7) is 0. The van der Waals surface area contributed by atoms with Gasteiger partial charge < -0.3 is 0 Å². The van der Waals surface area contributed by atoms with Gasteiger partial charge in [0.1, 0.15) is 11.8 Å². The van der Waals surface area contributed by atoms with Crippen molar-refractivity contribution in [3.63, 3.8) is 0 Å². The highest BCUT2D eigenvalue weighted by Crippen LogP contribution is 2.16. The van der Waals surface area contributed by atoms with E-state index < -0.39 is 5.82 Å². The Bertz CT molecular complexity index is 512. The van der Waals surface area contributed by atoms with Crippen molar-refractivity contribution in [1.82, 2.24) is 9.38 Å². The van der Waals surface area contributed by atoms with Gasteiger partial charge in [0, 0.05) is 10.7 Å². The second-order valence-electron chi connectivity index (χ2n) is 2.46. The maximum absolute atomic E-state index is 13.2. The number of aromatic nitrogens is 2. The van der Waals surface area contributed by atoms with Gasteiger partial charge in [-0.25, -0.2) is 9.37 Å². The molecule has 0 aliphatic heterocycles. The highest BCUT2D eigenvalue weighted by molar-refractivity contribution is 9.10. The Morgan fingerprint density at radius 3 is 3.08 bits per heavy atom. The van der Waals surface area contributed by atoms with E-state index in [0.717, 1.165) is 0 Å². The van der Waals surface area contributed by atoms with Crippen LogP contribution in [0.25, 0.3) is 5.65 Å². The molecule has 0 amide bonds. The van der Waals surface area contributed by atoms with Gasteiger partial charge in [0.15, 0.2) is 11.5 Å². The van der Waals surface area contributed by atoms with Crippen molar-refractivity contribution in [3.8, 4) is 6.07 Å². The first-order valence-electron chi connectivity index (χ1n) is 3.44. The molecule has 0 atom stereocenters. The zero-order valence-electron chi connectivity index (χ0n) is 6.33. The molecule has 2 aromatic rings. The van der Waals surface area contributed by atoms with Crippen LogP contribution in [0.3, 0.4) is 0 Å². The minimum atomic E-state index is -0.448. The summed E-state index contributed by atoms with van der Waals surface area (Å²) in [5.41, 5.74) is 0.481. The third-order valence-corrected chi connectivity index (χ3v) is 2.08. The van der Waals surface area contributed by atoms with Crippen LogP contribution in [0.5, 0.6) is 0 Å². The van der Waals surface area contributed by atoms with Crippen LogP contribution < -0.4 is 0 Å². The van der Waals surface area contributed by atoms with Crippen LogP contribution in [-0.2, 0) is 0 Å². The Hall–Kier alpha value is -1.41. The number of nitriles is 1. The summed E-state index contributed by atoms with van der Waals surface area (Å²) in [6.07, 6.45) is 2.94. The highest BCUT2D eigenvalue weighted by Gasteiger charge is 2.07. The molecule has 5 heteroatoms. The second kappa shape index (κ2) is 2.82. The molecule has 0 spiro atoms. The molecule has 0 saturated heterocycles. The lowest BCUT2D eigenvalue weighted by molar-refractivity contribution is 0.628. The van der Waals surface area contributed by atoms with Crippen LogP contribution in [0.4, 0.5) is 4.39 Å². The number of pyridine rings is 1. The summed E-state index contributed by atoms with van der Waals surface area (Å²) in [6, 6.07) is 3.23. The van der Waals surface area contributed by atoms with E-state index in [4.69, 9.17) is 5.26 Å². The average Bonchev–Trinajstić information content (AvgIpc) is 2.47.